The summed E-state index contributed by atoms with van der Waals surface area (Å²) < 4.78 is 5.28. The fourth-order valence-corrected chi connectivity index (χ4v) is 1.73. The average molecular weight is 209 g/mol. The molecule has 2 rings (SSSR count). The van der Waals surface area contributed by atoms with Crippen LogP contribution in [-0.4, -0.2) is 41.4 Å². The van der Waals surface area contributed by atoms with E-state index in [0.717, 1.165) is 37.7 Å². The Balaban J connectivity index is 2.26. The molecule has 5 nitrogen and oxygen atoms in total. The zero-order chi connectivity index (χ0) is 10.7. The van der Waals surface area contributed by atoms with Crippen LogP contribution >= 0.6 is 0 Å². The lowest BCUT2D eigenvalue weighted by atomic mass is 10.2. The second-order valence-electron chi connectivity index (χ2n) is 3.53. The van der Waals surface area contributed by atoms with Gasteiger partial charge in [0.1, 0.15) is 12.1 Å². The Labute approximate surface area is 88.7 Å². The lowest BCUT2D eigenvalue weighted by Crippen LogP contribution is -2.37. The fraction of sp³-hybridized carbons (Fsp3) is 0.600. The number of ether oxygens (including phenoxy) is 1. The molecule has 0 aromatic carbocycles. The van der Waals surface area contributed by atoms with E-state index in [9.17, 15) is 0 Å². The summed E-state index contributed by atoms with van der Waals surface area (Å²) in [5.41, 5.74) is 1.66. The van der Waals surface area contributed by atoms with Crippen LogP contribution in [0, 0.1) is 6.92 Å². The van der Waals surface area contributed by atoms with Crippen molar-refractivity contribution in [3.8, 4) is 0 Å². The predicted octanol–water partition coefficient (Wildman–Crippen LogP) is 0.114. The van der Waals surface area contributed by atoms with Gasteiger partial charge in [-0.15, -0.1) is 0 Å². The van der Waals surface area contributed by atoms with E-state index in [2.05, 4.69) is 14.9 Å². The van der Waals surface area contributed by atoms with Crippen molar-refractivity contribution >= 4 is 5.82 Å². The molecular formula is C10H15N3O2. The first-order chi connectivity index (χ1) is 7.33. The van der Waals surface area contributed by atoms with Crippen molar-refractivity contribution in [2.45, 2.75) is 13.5 Å². The van der Waals surface area contributed by atoms with Crippen molar-refractivity contribution in [3.05, 3.63) is 17.6 Å². The van der Waals surface area contributed by atoms with Gasteiger partial charge in [-0.3, -0.25) is 0 Å². The topological polar surface area (TPSA) is 58.5 Å². The first-order valence-electron chi connectivity index (χ1n) is 5.07. The predicted molar refractivity (Wildman–Crippen MR) is 55.7 cm³/mol. The number of aliphatic hydroxyl groups excluding tert-OH is 1. The van der Waals surface area contributed by atoms with Gasteiger partial charge >= 0.3 is 0 Å². The summed E-state index contributed by atoms with van der Waals surface area (Å²) in [5, 5.41) is 9.11. The number of rotatable bonds is 2. The van der Waals surface area contributed by atoms with E-state index < -0.39 is 0 Å². The van der Waals surface area contributed by atoms with E-state index in [1.54, 1.807) is 0 Å². The molecule has 1 aliphatic rings. The summed E-state index contributed by atoms with van der Waals surface area (Å²) >= 11 is 0. The molecule has 0 bridgehead atoms. The number of aromatic nitrogens is 2. The molecule has 0 atom stereocenters. The SMILES string of the molecule is Cc1c(CO)ncnc1N1CCOCC1. The highest BCUT2D eigenvalue weighted by atomic mass is 16.5. The Morgan fingerprint density at radius 3 is 2.80 bits per heavy atom. The van der Waals surface area contributed by atoms with Crippen LogP contribution in [0.4, 0.5) is 5.82 Å². The fourth-order valence-electron chi connectivity index (χ4n) is 1.73. The average Bonchev–Trinajstić information content (AvgIpc) is 2.30. The quantitative estimate of drug-likeness (QED) is 0.749. The highest BCUT2D eigenvalue weighted by molar-refractivity contribution is 5.47. The molecule has 1 fully saturated rings. The highest BCUT2D eigenvalue weighted by Gasteiger charge is 2.16. The van der Waals surface area contributed by atoms with Crippen LogP contribution in [0.5, 0.6) is 0 Å². The van der Waals surface area contributed by atoms with Gasteiger partial charge in [-0.1, -0.05) is 0 Å². The zero-order valence-corrected chi connectivity index (χ0v) is 8.81. The van der Waals surface area contributed by atoms with Crippen LogP contribution < -0.4 is 4.90 Å². The van der Waals surface area contributed by atoms with Crippen LogP contribution in [0.25, 0.3) is 0 Å². The Morgan fingerprint density at radius 2 is 2.13 bits per heavy atom. The van der Waals surface area contributed by atoms with E-state index >= 15 is 0 Å². The van der Waals surface area contributed by atoms with Gasteiger partial charge in [0.25, 0.3) is 0 Å². The van der Waals surface area contributed by atoms with Crippen molar-refractivity contribution < 1.29 is 9.84 Å². The number of hydrogen-bond donors (Lipinski definition) is 1. The molecule has 15 heavy (non-hydrogen) atoms. The molecule has 0 aliphatic carbocycles. The van der Waals surface area contributed by atoms with Crippen molar-refractivity contribution in [1.82, 2.24) is 9.97 Å². The molecule has 1 N–H and O–H groups in total. The lowest BCUT2D eigenvalue weighted by molar-refractivity contribution is 0.122. The molecular weight excluding hydrogens is 194 g/mol. The van der Waals surface area contributed by atoms with E-state index in [1.807, 2.05) is 6.92 Å². The first kappa shape index (κ1) is 10.3. The maximum Gasteiger partial charge on any atom is 0.135 e. The smallest absolute Gasteiger partial charge is 0.135 e. The van der Waals surface area contributed by atoms with Gasteiger partial charge in [0, 0.05) is 18.7 Å². The Kier molecular flexibility index (Phi) is 3.13. The molecule has 5 heteroatoms. The summed E-state index contributed by atoms with van der Waals surface area (Å²) in [6.07, 6.45) is 1.50. The number of nitrogens with zero attached hydrogens (tertiary/aromatic N) is 3. The third-order valence-corrected chi connectivity index (χ3v) is 2.62. The van der Waals surface area contributed by atoms with Gasteiger partial charge in [-0.2, -0.15) is 0 Å². The van der Waals surface area contributed by atoms with E-state index in [1.165, 1.54) is 6.33 Å². The normalized spacial score (nSPS) is 16.8. The number of morpholine rings is 1. The molecule has 1 aromatic heterocycles. The minimum absolute atomic E-state index is 0.0360. The molecule has 1 saturated heterocycles. The van der Waals surface area contributed by atoms with Crippen molar-refractivity contribution in [3.63, 3.8) is 0 Å². The molecule has 1 aliphatic heterocycles. The van der Waals surface area contributed by atoms with Crippen LogP contribution in [0.1, 0.15) is 11.3 Å². The summed E-state index contributed by atoms with van der Waals surface area (Å²) in [7, 11) is 0. The van der Waals surface area contributed by atoms with Gasteiger partial charge < -0.3 is 14.7 Å². The summed E-state index contributed by atoms with van der Waals surface area (Å²) in [6.45, 7) is 5.07. The first-order valence-corrected chi connectivity index (χ1v) is 5.07. The molecule has 0 amide bonds. The number of aliphatic hydroxyl groups is 1. The molecule has 82 valence electrons. The van der Waals surface area contributed by atoms with Crippen molar-refractivity contribution in [2.75, 3.05) is 31.2 Å². The summed E-state index contributed by atoms with van der Waals surface area (Å²) in [6, 6.07) is 0. The molecule has 1 aromatic rings. The van der Waals surface area contributed by atoms with Crippen LogP contribution in [0.15, 0.2) is 6.33 Å². The van der Waals surface area contributed by atoms with E-state index in [0.29, 0.717) is 5.69 Å². The van der Waals surface area contributed by atoms with Crippen molar-refractivity contribution in [1.29, 1.82) is 0 Å². The minimum Gasteiger partial charge on any atom is -0.390 e. The summed E-state index contributed by atoms with van der Waals surface area (Å²) in [5.74, 6) is 0.914. The molecule has 0 radical (unpaired) electrons. The van der Waals surface area contributed by atoms with Crippen LogP contribution in [-0.2, 0) is 11.3 Å². The molecule has 0 saturated carbocycles. The Hall–Kier alpha value is -1.20. The van der Waals surface area contributed by atoms with Crippen LogP contribution in [0.3, 0.4) is 0 Å². The second-order valence-corrected chi connectivity index (χ2v) is 3.53. The van der Waals surface area contributed by atoms with Gasteiger partial charge in [0.05, 0.1) is 25.5 Å². The maximum absolute atomic E-state index is 9.11. The largest absolute Gasteiger partial charge is 0.390 e. The van der Waals surface area contributed by atoms with Gasteiger partial charge in [0.15, 0.2) is 0 Å². The highest BCUT2D eigenvalue weighted by Crippen LogP contribution is 2.19. The van der Waals surface area contributed by atoms with Crippen LogP contribution in [0.2, 0.25) is 0 Å². The Bertz CT molecular complexity index is 337. The second kappa shape index (κ2) is 4.55. The summed E-state index contributed by atoms with van der Waals surface area (Å²) in [4.78, 5) is 10.5. The third kappa shape index (κ3) is 2.08. The number of anilines is 1. The monoisotopic (exact) mass is 209 g/mol. The molecule has 0 spiro atoms. The van der Waals surface area contributed by atoms with Gasteiger partial charge in [0.2, 0.25) is 0 Å². The standard InChI is InChI=1S/C10H15N3O2/c1-8-9(6-14)11-7-12-10(8)13-2-4-15-5-3-13/h7,14H,2-6H2,1H3. The minimum atomic E-state index is -0.0360. The lowest BCUT2D eigenvalue weighted by Gasteiger charge is -2.29. The maximum atomic E-state index is 9.11. The molecule has 0 unspecified atom stereocenters. The van der Waals surface area contributed by atoms with Gasteiger partial charge in [-0.25, -0.2) is 9.97 Å². The third-order valence-electron chi connectivity index (χ3n) is 2.62. The van der Waals surface area contributed by atoms with E-state index in [-0.39, 0.29) is 6.61 Å². The molecule has 2 heterocycles. The zero-order valence-electron chi connectivity index (χ0n) is 8.81. The van der Waals surface area contributed by atoms with Crippen molar-refractivity contribution in [2.24, 2.45) is 0 Å². The Morgan fingerprint density at radius 1 is 1.40 bits per heavy atom. The van der Waals surface area contributed by atoms with Gasteiger partial charge in [-0.05, 0) is 6.92 Å². The number of hydrogen-bond acceptors (Lipinski definition) is 5. The van der Waals surface area contributed by atoms with E-state index in [4.69, 9.17) is 9.84 Å².